The molecule has 16 heavy (non-hydrogen) atoms. The van der Waals surface area contributed by atoms with E-state index < -0.39 is 0 Å². The highest BCUT2D eigenvalue weighted by atomic mass is 79.9. The minimum atomic E-state index is -0.156. The van der Waals surface area contributed by atoms with Crippen molar-refractivity contribution in [3.05, 3.63) is 27.7 Å². The molecule has 3 nitrogen and oxygen atoms in total. The van der Waals surface area contributed by atoms with Crippen LogP contribution in [0.3, 0.4) is 0 Å². The fourth-order valence-electron chi connectivity index (χ4n) is 1.75. The van der Waals surface area contributed by atoms with Gasteiger partial charge >= 0.3 is 0 Å². The number of carbonyl (C=O) groups is 1. The minimum absolute atomic E-state index is 0.121. The zero-order valence-corrected chi connectivity index (χ0v) is 11.2. The van der Waals surface area contributed by atoms with Crippen molar-refractivity contribution in [3.8, 4) is 0 Å². The van der Waals surface area contributed by atoms with Crippen molar-refractivity contribution >= 4 is 39.1 Å². The molecule has 1 aromatic carbocycles. The number of nitrogens with one attached hydrogen (secondary N) is 1. The zero-order chi connectivity index (χ0) is 11.7. The maximum atomic E-state index is 11.7. The molecule has 0 radical (unpaired) electrons. The molecule has 2 rings (SSSR count). The highest BCUT2D eigenvalue weighted by molar-refractivity contribution is 9.10. The van der Waals surface area contributed by atoms with Gasteiger partial charge in [0.1, 0.15) is 6.04 Å². The lowest BCUT2D eigenvalue weighted by Crippen LogP contribution is -2.31. The monoisotopic (exact) mass is 302 g/mol. The summed E-state index contributed by atoms with van der Waals surface area (Å²) in [5, 5.41) is 3.81. The van der Waals surface area contributed by atoms with Crippen LogP contribution in [-0.2, 0) is 4.79 Å². The molecule has 0 bridgehead atoms. The molecule has 1 aromatic rings. The summed E-state index contributed by atoms with van der Waals surface area (Å²) < 4.78 is 0.943. The molecule has 86 valence electrons. The number of amides is 1. The summed E-state index contributed by atoms with van der Waals surface area (Å²) in [5.74, 6) is 0.121. The fourth-order valence-corrected chi connectivity index (χ4v) is 2.29. The van der Waals surface area contributed by atoms with E-state index >= 15 is 0 Å². The van der Waals surface area contributed by atoms with Gasteiger partial charge < -0.3 is 10.2 Å². The van der Waals surface area contributed by atoms with E-state index in [0.29, 0.717) is 5.02 Å². The van der Waals surface area contributed by atoms with Crippen molar-refractivity contribution in [3.63, 3.8) is 0 Å². The topological polar surface area (TPSA) is 32.3 Å². The Morgan fingerprint density at radius 2 is 2.31 bits per heavy atom. The number of hydrogen-bond donors (Lipinski definition) is 1. The van der Waals surface area contributed by atoms with E-state index in [4.69, 9.17) is 11.6 Å². The summed E-state index contributed by atoms with van der Waals surface area (Å²) in [4.78, 5) is 13.4. The Bertz CT molecular complexity index is 424. The van der Waals surface area contributed by atoms with Gasteiger partial charge in [-0.25, -0.2) is 0 Å². The largest absolute Gasteiger partial charge is 0.372 e. The molecule has 5 heteroatoms. The summed E-state index contributed by atoms with van der Waals surface area (Å²) in [6, 6.07) is 5.40. The maximum absolute atomic E-state index is 11.7. The second kappa shape index (κ2) is 4.63. The second-order valence-corrected chi connectivity index (χ2v) is 5.19. The first-order valence-electron chi connectivity index (χ1n) is 5.04. The number of rotatable bonds is 2. The third kappa shape index (κ3) is 2.33. The molecular formula is C11H12BrClN2O. The SMILES string of the molecule is CN1CC[C@H](Nc2cc(Br)ccc2Cl)C1=O. The molecule has 0 unspecified atom stereocenters. The summed E-state index contributed by atoms with van der Waals surface area (Å²) in [6.07, 6.45) is 0.818. The lowest BCUT2D eigenvalue weighted by molar-refractivity contribution is -0.127. The van der Waals surface area contributed by atoms with Gasteiger partial charge in [-0.2, -0.15) is 0 Å². The summed E-state index contributed by atoms with van der Waals surface area (Å²) in [5.41, 5.74) is 0.796. The third-order valence-electron chi connectivity index (χ3n) is 2.69. The first-order valence-corrected chi connectivity index (χ1v) is 6.21. The van der Waals surface area contributed by atoms with Crippen LogP contribution in [0.4, 0.5) is 5.69 Å². The molecule has 0 aromatic heterocycles. The van der Waals surface area contributed by atoms with Gasteiger partial charge in [0.15, 0.2) is 0 Å². The number of likely N-dealkylation sites (tertiary alicyclic amines) is 1. The zero-order valence-electron chi connectivity index (χ0n) is 8.84. The second-order valence-electron chi connectivity index (χ2n) is 3.87. The molecule has 1 aliphatic heterocycles. The van der Waals surface area contributed by atoms with Crippen molar-refractivity contribution < 1.29 is 4.79 Å². The summed E-state index contributed by atoms with van der Waals surface area (Å²) in [6.45, 7) is 0.794. The molecule has 1 heterocycles. The molecule has 1 saturated heterocycles. The summed E-state index contributed by atoms with van der Waals surface area (Å²) in [7, 11) is 1.81. The molecular weight excluding hydrogens is 291 g/mol. The predicted molar refractivity (Wildman–Crippen MR) is 68.8 cm³/mol. The van der Waals surface area contributed by atoms with E-state index in [1.807, 2.05) is 19.2 Å². The van der Waals surface area contributed by atoms with Gasteiger partial charge in [-0.15, -0.1) is 0 Å². The Kier molecular flexibility index (Phi) is 3.40. The van der Waals surface area contributed by atoms with E-state index in [9.17, 15) is 4.79 Å². The van der Waals surface area contributed by atoms with Crippen LogP contribution in [0.15, 0.2) is 22.7 Å². The van der Waals surface area contributed by atoms with Crippen LogP contribution < -0.4 is 5.32 Å². The Morgan fingerprint density at radius 3 is 2.94 bits per heavy atom. The first-order chi connectivity index (χ1) is 7.58. The van der Waals surface area contributed by atoms with E-state index in [1.54, 1.807) is 11.0 Å². The quantitative estimate of drug-likeness (QED) is 0.911. The maximum Gasteiger partial charge on any atom is 0.244 e. The average Bonchev–Trinajstić information content (AvgIpc) is 2.55. The smallest absolute Gasteiger partial charge is 0.244 e. The van der Waals surface area contributed by atoms with Crippen molar-refractivity contribution in [2.75, 3.05) is 18.9 Å². The minimum Gasteiger partial charge on any atom is -0.372 e. The third-order valence-corrected chi connectivity index (χ3v) is 3.51. The number of nitrogens with zero attached hydrogens (tertiary/aromatic N) is 1. The van der Waals surface area contributed by atoms with Crippen LogP contribution in [0.2, 0.25) is 5.02 Å². The van der Waals surface area contributed by atoms with E-state index in [2.05, 4.69) is 21.2 Å². The number of halogens is 2. The Balaban J connectivity index is 2.15. The number of hydrogen-bond acceptors (Lipinski definition) is 2. The van der Waals surface area contributed by atoms with Crippen molar-refractivity contribution in [2.45, 2.75) is 12.5 Å². The molecule has 1 aliphatic rings. The molecule has 0 aliphatic carbocycles. The Hall–Kier alpha value is -0.740. The van der Waals surface area contributed by atoms with Crippen LogP contribution in [0, 0.1) is 0 Å². The number of benzene rings is 1. The predicted octanol–water partition coefficient (Wildman–Crippen LogP) is 2.75. The number of anilines is 1. The molecule has 0 spiro atoms. The highest BCUT2D eigenvalue weighted by Crippen LogP contribution is 2.27. The lowest BCUT2D eigenvalue weighted by atomic mass is 10.2. The molecule has 0 saturated carbocycles. The standard InChI is InChI=1S/C11H12BrClN2O/c1-15-5-4-9(11(15)16)14-10-6-7(12)2-3-8(10)13/h2-3,6,9,14H,4-5H2,1H3/t9-/m0/s1. The van der Waals surface area contributed by atoms with Crippen LogP contribution in [-0.4, -0.2) is 30.4 Å². The first kappa shape index (κ1) is 11.7. The van der Waals surface area contributed by atoms with Crippen LogP contribution in [0.25, 0.3) is 0 Å². The molecule has 1 amide bonds. The van der Waals surface area contributed by atoms with Crippen LogP contribution in [0.1, 0.15) is 6.42 Å². The normalized spacial score (nSPS) is 20.3. The molecule has 1 fully saturated rings. The van der Waals surface area contributed by atoms with Crippen LogP contribution >= 0.6 is 27.5 Å². The van der Waals surface area contributed by atoms with Gasteiger partial charge in [0.2, 0.25) is 5.91 Å². The summed E-state index contributed by atoms with van der Waals surface area (Å²) >= 11 is 9.43. The molecule has 1 N–H and O–H groups in total. The lowest BCUT2D eigenvalue weighted by Gasteiger charge is -2.14. The van der Waals surface area contributed by atoms with Crippen molar-refractivity contribution in [1.29, 1.82) is 0 Å². The average molecular weight is 304 g/mol. The van der Waals surface area contributed by atoms with Gasteiger partial charge in [0, 0.05) is 18.1 Å². The fraction of sp³-hybridized carbons (Fsp3) is 0.364. The van der Waals surface area contributed by atoms with Gasteiger partial charge in [0.05, 0.1) is 10.7 Å². The van der Waals surface area contributed by atoms with Gasteiger partial charge in [-0.05, 0) is 24.6 Å². The van der Waals surface area contributed by atoms with E-state index in [-0.39, 0.29) is 11.9 Å². The molecule has 1 atom stereocenters. The number of likely N-dealkylation sites (N-methyl/N-ethyl adjacent to an activating group) is 1. The van der Waals surface area contributed by atoms with Crippen LogP contribution in [0.5, 0.6) is 0 Å². The van der Waals surface area contributed by atoms with E-state index in [0.717, 1.165) is 23.1 Å². The van der Waals surface area contributed by atoms with Gasteiger partial charge in [0.25, 0.3) is 0 Å². The number of carbonyl (C=O) groups excluding carboxylic acids is 1. The Morgan fingerprint density at radius 1 is 1.56 bits per heavy atom. The van der Waals surface area contributed by atoms with Crippen molar-refractivity contribution in [2.24, 2.45) is 0 Å². The van der Waals surface area contributed by atoms with Crippen molar-refractivity contribution in [1.82, 2.24) is 4.90 Å². The van der Waals surface area contributed by atoms with E-state index in [1.165, 1.54) is 0 Å². The highest BCUT2D eigenvalue weighted by Gasteiger charge is 2.29. The van der Waals surface area contributed by atoms with Gasteiger partial charge in [-0.3, -0.25) is 4.79 Å². The van der Waals surface area contributed by atoms with Gasteiger partial charge in [-0.1, -0.05) is 27.5 Å². The Labute approximate surface area is 108 Å².